The van der Waals surface area contributed by atoms with Gasteiger partial charge < -0.3 is 4.90 Å². The molecule has 1 fully saturated rings. The third-order valence-corrected chi connectivity index (χ3v) is 3.81. The van der Waals surface area contributed by atoms with Crippen LogP contribution >= 0.6 is 0 Å². The van der Waals surface area contributed by atoms with Crippen molar-refractivity contribution in [3.63, 3.8) is 0 Å². The molecule has 1 aromatic rings. The first kappa shape index (κ1) is 14.6. The van der Waals surface area contributed by atoms with Crippen LogP contribution < -0.4 is 0 Å². The molecule has 0 bridgehead atoms. The predicted octanol–water partition coefficient (Wildman–Crippen LogP) is 2.48. The molecule has 1 aliphatic carbocycles. The van der Waals surface area contributed by atoms with Crippen LogP contribution in [0.4, 0.5) is 8.78 Å². The predicted molar refractivity (Wildman–Crippen MR) is 70.1 cm³/mol. The summed E-state index contributed by atoms with van der Waals surface area (Å²) in [6.45, 7) is 0. The van der Waals surface area contributed by atoms with Crippen molar-refractivity contribution in [3.8, 4) is 0 Å². The number of benzene rings is 1. The van der Waals surface area contributed by atoms with Gasteiger partial charge in [-0.2, -0.15) is 0 Å². The van der Waals surface area contributed by atoms with Crippen LogP contribution in [-0.4, -0.2) is 29.7 Å². The van der Waals surface area contributed by atoms with E-state index in [1.807, 2.05) is 0 Å². The SMILES string of the molecule is CN(C(=O)Cc1ccc(F)cc1F)C1CCC(=O)CC1. The van der Waals surface area contributed by atoms with Crippen LogP contribution in [0.1, 0.15) is 31.2 Å². The van der Waals surface area contributed by atoms with Gasteiger partial charge in [-0.15, -0.1) is 0 Å². The average Bonchev–Trinajstić information content (AvgIpc) is 2.42. The standard InChI is InChI=1S/C15H17F2NO2/c1-18(12-4-6-13(19)7-5-12)15(20)8-10-2-3-11(16)9-14(10)17/h2-3,9,12H,4-8H2,1H3. The van der Waals surface area contributed by atoms with Crippen LogP contribution in [-0.2, 0) is 16.0 Å². The minimum absolute atomic E-state index is 0.0312. The van der Waals surface area contributed by atoms with Gasteiger partial charge in [0.15, 0.2) is 0 Å². The van der Waals surface area contributed by atoms with Gasteiger partial charge in [0.1, 0.15) is 17.4 Å². The second kappa shape index (κ2) is 6.11. The van der Waals surface area contributed by atoms with Crippen molar-refractivity contribution in [1.82, 2.24) is 4.90 Å². The van der Waals surface area contributed by atoms with E-state index in [1.54, 1.807) is 11.9 Å². The Hall–Kier alpha value is -1.78. The number of likely N-dealkylation sites (N-methyl/N-ethyl adjacent to an activating group) is 1. The van der Waals surface area contributed by atoms with E-state index >= 15 is 0 Å². The van der Waals surface area contributed by atoms with Crippen molar-refractivity contribution < 1.29 is 18.4 Å². The molecule has 108 valence electrons. The lowest BCUT2D eigenvalue weighted by Gasteiger charge is -2.30. The molecule has 2 rings (SSSR count). The molecular weight excluding hydrogens is 264 g/mol. The quantitative estimate of drug-likeness (QED) is 0.853. The molecule has 0 aliphatic heterocycles. The van der Waals surface area contributed by atoms with E-state index in [9.17, 15) is 18.4 Å². The van der Waals surface area contributed by atoms with Gasteiger partial charge in [-0.1, -0.05) is 6.07 Å². The van der Waals surface area contributed by atoms with E-state index in [0.29, 0.717) is 25.7 Å². The minimum atomic E-state index is -0.703. The van der Waals surface area contributed by atoms with Crippen LogP contribution in [0.25, 0.3) is 0 Å². The van der Waals surface area contributed by atoms with Crippen LogP contribution in [0.15, 0.2) is 18.2 Å². The summed E-state index contributed by atoms with van der Waals surface area (Å²) in [6, 6.07) is 3.25. The third-order valence-electron chi connectivity index (χ3n) is 3.81. The number of carbonyl (C=O) groups excluding carboxylic acids is 2. The second-order valence-corrected chi connectivity index (χ2v) is 5.19. The molecule has 0 atom stereocenters. The molecule has 0 aromatic heterocycles. The fraction of sp³-hybridized carbons (Fsp3) is 0.467. The summed E-state index contributed by atoms with van der Waals surface area (Å²) in [5, 5.41) is 0. The number of ketones is 1. The lowest BCUT2D eigenvalue weighted by atomic mass is 9.93. The maximum Gasteiger partial charge on any atom is 0.227 e. The zero-order chi connectivity index (χ0) is 14.7. The Bertz CT molecular complexity index is 521. The summed E-state index contributed by atoms with van der Waals surface area (Å²) in [5.74, 6) is -1.34. The highest BCUT2D eigenvalue weighted by Crippen LogP contribution is 2.20. The molecule has 0 saturated heterocycles. The van der Waals surface area contributed by atoms with Crippen LogP contribution in [0.2, 0.25) is 0 Å². The Morgan fingerprint density at radius 1 is 1.30 bits per heavy atom. The maximum atomic E-state index is 13.5. The zero-order valence-corrected chi connectivity index (χ0v) is 11.4. The Balaban J connectivity index is 1.98. The smallest absolute Gasteiger partial charge is 0.227 e. The molecule has 0 heterocycles. The molecule has 5 heteroatoms. The third kappa shape index (κ3) is 3.40. The zero-order valence-electron chi connectivity index (χ0n) is 11.4. The van der Waals surface area contributed by atoms with Gasteiger partial charge in [-0.25, -0.2) is 8.78 Å². The number of rotatable bonds is 3. The summed E-state index contributed by atoms with van der Waals surface area (Å²) in [7, 11) is 1.67. The first-order chi connectivity index (χ1) is 9.47. The minimum Gasteiger partial charge on any atom is -0.342 e. The number of amides is 1. The maximum absolute atomic E-state index is 13.5. The molecule has 0 spiro atoms. The molecule has 0 N–H and O–H groups in total. The second-order valence-electron chi connectivity index (χ2n) is 5.19. The molecule has 0 radical (unpaired) electrons. The van der Waals surface area contributed by atoms with Crippen molar-refractivity contribution in [2.24, 2.45) is 0 Å². The number of hydrogen-bond acceptors (Lipinski definition) is 2. The van der Waals surface area contributed by atoms with Crippen molar-refractivity contribution in [1.29, 1.82) is 0 Å². The van der Waals surface area contributed by atoms with Crippen LogP contribution in [0.3, 0.4) is 0 Å². The van der Waals surface area contributed by atoms with E-state index in [1.165, 1.54) is 6.07 Å². The van der Waals surface area contributed by atoms with E-state index < -0.39 is 11.6 Å². The Morgan fingerprint density at radius 3 is 2.55 bits per heavy atom. The molecule has 1 amide bonds. The molecule has 3 nitrogen and oxygen atoms in total. The van der Waals surface area contributed by atoms with E-state index in [4.69, 9.17) is 0 Å². The number of hydrogen-bond donors (Lipinski definition) is 0. The van der Waals surface area contributed by atoms with Crippen LogP contribution in [0.5, 0.6) is 0 Å². The van der Waals surface area contributed by atoms with Gasteiger partial charge in [-0.3, -0.25) is 9.59 Å². The number of carbonyl (C=O) groups is 2. The van der Waals surface area contributed by atoms with E-state index in [-0.39, 0.29) is 29.7 Å². The van der Waals surface area contributed by atoms with Gasteiger partial charge >= 0.3 is 0 Å². The molecule has 1 saturated carbocycles. The fourth-order valence-corrected chi connectivity index (χ4v) is 2.47. The molecular formula is C15H17F2NO2. The van der Waals surface area contributed by atoms with E-state index in [0.717, 1.165) is 12.1 Å². The highest BCUT2D eigenvalue weighted by Gasteiger charge is 2.25. The van der Waals surface area contributed by atoms with Gasteiger partial charge in [0.25, 0.3) is 0 Å². The summed E-state index contributed by atoms with van der Waals surface area (Å²) in [5.41, 5.74) is 0.190. The normalized spacial score (nSPS) is 16.2. The highest BCUT2D eigenvalue weighted by molar-refractivity contribution is 5.81. The summed E-state index contributed by atoms with van der Waals surface area (Å²) in [6.07, 6.45) is 2.22. The largest absolute Gasteiger partial charge is 0.342 e. The average molecular weight is 281 g/mol. The Morgan fingerprint density at radius 2 is 1.95 bits per heavy atom. The van der Waals surface area contributed by atoms with Crippen molar-refractivity contribution in [2.45, 2.75) is 38.1 Å². The topological polar surface area (TPSA) is 37.4 Å². The Kier molecular flexibility index (Phi) is 4.47. The summed E-state index contributed by atoms with van der Waals surface area (Å²) < 4.78 is 26.3. The van der Waals surface area contributed by atoms with Crippen LogP contribution in [0, 0.1) is 11.6 Å². The van der Waals surface area contributed by atoms with Crippen molar-refractivity contribution >= 4 is 11.7 Å². The molecule has 0 unspecified atom stereocenters. The number of halogens is 2. The van der Waals surface area contributed by atoms with E-state index in [2.05, 4.69) is 0 Å². The lowest BCUT2D eigenvalue weighted by Crippen LogP contribution is -2.40. The molecule has 1 aliphatic rings. The highest BCUT2D eigenvalue weighted by atomic mass is 19.1. The first-order valence-electron chi connectivity index (χ1n) is 6.68. The van der Waals surface area contributed by atoms with Gasteiger partial charge in [0, 0.05) is 32.0 Å². The van der Waals surface area contributed by atoms with Crippen molar-refractivity contribution in [2.75, 3.05) is 7.05 Å². The fourth-order valence-electron chi connectivity index (χ4n) is 2.47. The monoisotopic (exact) mass is 281 g/mol. The number of nitrogens with zero attached hydrogens (tertiary/aromatic N) is 1. The Labute approximate surface area is 116 Å². The van der Waals surface area contributed by atoms with Gasteiger partial charge in [-0.05, 0) is 24.5 Å². The summed E-state index contributed by atoms with van der Waals surface area (Å²) in [4.78, 5) is 24.9. The number of Topliss-reactive ketones (excluding diaryl/α,β-unsaturated/α-hetero) is 1. The molecule has 20 heavy (non-hydrogen) atoms. The summed E-state index contributed by atoms with van der Waals surface area (Å²) >= 11 is 0. The first-order valence-corrected chi connectivity index (χ1v) is 6.68. The van der Waals surface area contributed by atoms with Crippen molar-refractivity contribution in [3.05, 3.63) is 35.4 Å². The van der Waals surface area contributed by atoms with Gasteiger partial charge in [0.05, 0.1) is 6.42 Å². The lowest BCUT2D eigenvalue weighted by molar-refractivity contribution is -0.133. The van der Waals surface area contributed by atoms with Gasteiger partial charge in [0.2, 0.25) is 5.91 Å². The molecule has 1 aromatic carbocycles.